The van der Waals surface area contributed by atoms with Gasteiger partial charge in [-0.1, -0.05) is 203 Å². The number of rotatable bonds is 57. The fourth-order valence-electron chi connectivity index (χ4n) is 7.77. The lowest BCUT2D eigenvalue weighted by Crippen LogP contribution is -2.30. The molecule has 458 valence electrons. The predicted octanol–water partition coefficient (Wildman–Crippen LogP) is 15.6. The summed E-state index contributed by atoms with van der Waals surface area (Å²) < 4.78 is 60.6. The highest BCUT2D eigenvalue weighted by atomic mass is 31.2. The largest absolute Gasteiger partial charge is 0.472 e. The topological polar surface area (TPSA) is 231 Å². The molecule has 0 saturated carbocycles. The predicted molar refractivity (Wildman–Crippen MR) is 316 cm³/mol. The molecule has 0 aromatic heterocycles. The number of esters is 3. The van der Waals surface area contributed by atoms with Gasteiger partial charge in [-0.15, -0.1) is 0 Å². The maximum absolute atomic E-state index is 12.8. The number of carbonyl (C=O) groups is 3. The van der Waals surface area contributed by atoms with Crippen molar-refractivity contribution in [2.24, 2.45) is 0 Å². The van der Waals surface area contributed by atoms with Crippen LogP contribution in [0, 0.1) is 0 Å². The summed E-state index contributed by atoms with van der Waals surface area (Å²) in [6.45, 7) is 2.45. The molecule has 0 radical (unpaired) electrons. The zero-order valence-electron chi connectivity index (χ0n) is 49.0. The van der Waals surface area contributed by atoms with Crippen LogP contribution in [-0.2, 0) is 55.8 Å². The van der Waals surface area contributed by atoms with Crippen molar-refractivity contribution in [1.29, 1.82) is 0 Å². The van der Waals surface area contributed by atoms with Crippen LogP contribution in [0.2, 0.25) is 0 Å². The third kappa shape index (κ3) is 56.6. The van der Waals surface area contributed by atoms with E-state index in [1.807, 2.05) is 0 Å². The van der Waals surface area contributed by atoms with Crippen LogP contribution in [0.25, 0.3) is 0 Å². The smallest absolute Gasteiger partial charge is 0.463 e. The quantitative estimate of drug-likeness (QED) is 0.0146. The minimum Gasteiger partial charge on any atom is -0.463 e. The molecule has 0 aliphatic heterocycles. The molecule has 0 saturated heterocycles. The van der Waals surface area contributed by atoms with Crippen LogP contribution in [0.5, 0.6) is 0 Å². The lowest BCUT2D eigenvalue weighted by molar-refractivity contribution is -0.161. The Kier molecular flexibility index (Phi) is 53.4. The molecule has 0 heterocycles. The molecule has 0 aliphatic rings. The van der Waals surface area contributed by atoms with E-state index in [1.54, 1.807) is 0 Å². The Balaban J connectivity index is 4.67. The normalized spacial score (nSPS) is 15.0. The van der Waals surface area contributed by atoms with Gasteiger partial charge in [0.25, 0.3) is 0 Å². The van der Waals surface area contributed by atoms with Crippen molar-refractivity contribution in [2.75, 3.05) is 39.6 Å². The van der Waals surface area contributed by atoms with Crippen LogP contribution >= 0.6 is 15.6 Å². The summed E-state index contributed by atoms with van der Waals surface area (Å²) in [5.74, 6) is -1.61. The molecule has 0 aromatic rings. The van der Waals surface area contributed by atoms with E-state index in [-0.39, 0.29) is 19.3 Å². The Labute approximate surface area is 477 Å². The summed E-state index contributed by atoms with van der Waals surface area (Å²) in [6.07, 6.45) is 54.0. The lowest BCUT2D eigenvalue weighted by atomic mass is 10.1. The number of phosphoric ester groups is 2. The highest BCUT2D eigenvalue weighted by Crippen LogP contribution is 2.45. The summed E-state index contributed by atoms with van der Waals surface area (Å²) in [4.78, 5) is 58.0. The van der Waals surface area contributed by atoms with Gasteiger partial charge in [0.05, 0.1) is 26.4 Å². The average Bonchev–Trinajstić information content (AvgIpc) is 3.42. The van der Waals surface area contributed by atoms with E-state index >= 15 is 0 Å². The summed E-state index contributed by atoms with van der Waals surface area (Å²) in [6, 6.07) is 0. The van der Waals surface area contributed by atoms with Crippen LogP contribution in [-0.4, -0.2) is 95.9 Å². The summed E-state index contributed by atoms with van der Waals surface area (Å²) in [7, 11) is -9.76. The molecule has 0 rings (SSSR count). The molecule has 18 heteroatoms. The summed E-state index contributed by atoms with van der Waals surface area (Å²) in [5, 5.41) is 20.4. The maximum atomic E-state index is 12.8. The number of allylic oxidation sites excluding steroid dienone is 12. The fraction of sp³-hybridized carbons (Fsp3) is 0.754. The van der Waals surface area contributed by atoms with Gasteiger partial charge in [-0.3, -0.25) is 32.5 Å². The van der Waals surface area contributed by atoms with Gasteiger partial charge in [-0.05, 0) is 89.9 Å². The third-order valence-corrected chi connectivity index (χ3v) is 14.3. The second kappa shape index (κ2) is 55.5. The summed E-state index contributed by atoms with van der Waals surface area (Å²) >= 11 is 0. The first-order chi connectivity index (χ1) is 38.2. The van der Waals surface area contributed by atoms with Gasteiger partial charge in [0.2, 0.25) is 0 Å². The minimum absolute atomic E-state index is 0.104. The van der Waals surface area contributed by atoms with Gasteiger partial charge in [0.15, 0.2) is 6.10 Å². The van der Waals surface area contributed by atoms with E-state index in [0.29, 0.717) is 19.3 Å². The number of carbonyl (C=O) groups excluding carboxylic acids is 3. The van der Waals surface area contributed by atoms with Crippen molar-refractivity contribution in [3.05, 3.63) is 72.9 Å². The molecule has 0 bridgehead atoms. The third-order valence-electron chi connectivity index (χ3n) is 12.4. The molecule has 16 nitrogen and oxygen atoms in total. The zero-order valence-corrected chi connectivity index (χ0v) is 50.8. The van der Waals surface area contributed by atoms with Gasteiger partial charge in [-0.25, -0.2) is 9.13 Å². The molecule has 0 aromatic carbocycles. The Morgan fingerprint density at radius 1 is 0.367 bits per heavy atom. The number of aliphatic hydroxyl groups is 2. The molecule has 79 heavy (non-hydrogen) atoms. The van der Waals surface area contributed by atoms with Gasteiger partial charge in [0.1, 0.15) is 25.4 Å². The van der Waals surface area contributed by atoms with Crippen molar-refractivity contribution >= 4 is 33.6 Å². The number of hydrogen-bond acceptors (Lipinski definition) is 14. The van der Waals surface area contributed by atoms with E-state index in [0.717, 1.165) is 122 Å². The lowest BCUT2D eigenvalue weighted by Gasteiger charge is -2.21. The van der Waals surface area contributed by atoms with Crippen molar-refractivity contribution in [1.82, 2.24) is 0 Å². The average molecular weight is 1160 g/mol. The number of hydrogen-bond donors (Lipinski definition) is 4. The molecule has 0 aliphatic carbocycles. The first-order valence-electron chi connectivity index (χ1n) is 30.2. The van der Waals surface area contributed by atoms with Crippen molar-refractivity contribution in [3.8, 4) is 0 Å². The van der Waals surface area contributed by atoms with Crippen molar-refractivity contribution in [3.63, 3.8) is 0 Å². The minimum atomic E-state index is -4.91. The number of ether oxygens (including phenoxy) is 3. The van der Waals surface area contributed by atoms with Crippen LogP contribution in [0.1, 0.15) is 239 Å². The molecule has 5 atom stereocenters. The standard InChI is InChI=1S/C61H108O16P2/c1-4-7-10-13-16-19-22-24-26-27-29-31-33-35-38-41-44-47-59(64)71-50-56(62)51-73-78(67,68)74-52-57(63)53-75-79(69,70)76-55-58(77-61(66)49-46-43-40-37-32-21-18-15-12-9-6-3)54-72-60(65)48-45-42-39-36-34-30-28-25-23-20-17-14-11-8-5-2/h7,10,16-17,19-20,24-26,28-29,31,56-58,62-63H,4-6,8-9,11-15,18,21-23,27,30,32-55H2,1-3H3,(H,67,68)(H,69,70)/b10-7-,19-16-,20-17-,26-24-,28-25-,31-29-. The Hall–Kier alpha value is -3.01. The molecular weight excluding hydrogens is 1050 g/mol. The van der Waals surface area contributed by atoms with Crippen LogP contribution in [0.3, 0.4) is 0 Å². The van der Waals surface area contributed by atoms with Gasteiger partial charge >= 0.3 is 33.6 Å². The molecule has 4 N–H and O–H groups in total. The number of unbranched alkanes of at least 4 members (excludes halogenated alkanes) is 22. The highest BCUT2D eigenvalue weighted by molar-refractivity contribution is 7.47. The first kappa shape index (κ1) is 76.0. The molecule has 0 spiro atoms. The van der Waals surface area contributed by atoms with Crippen molar-refractivity contribution < 1.29 is 75.8 Å². The fourth-order valence-corrected chi connectivity index (χ4v) is 9.35. The van der Waals surface area contributed by atoms with Crippen LogP contribution in [0.4, 0.5) is 0 Å². The Bertz CT molecular complexity index is 1750. The maximum Gasteiger partial charge on any atom is 0.472 e. The van der Waals surface area contributed by atoms with E-state index in [4.69, 9.17) is 32.3 Å². The summed E-state index contributed by atoms with van der Waals surface area (Å²) in [5.41, 5.74) is 0. The second-order valence-corrected chi connectivity index (χ2v) is 23.0. The van der Waals surface area contributed by atoms with Crippen molar-refractivity contribution in [2.45, 2.75) is 257 Å². The van der Waals surface area contributed by atoms with Gasteiger partial charge in [0, 0.05) is 19.3 Å². The number of phosphoric acid groups is 2. The van der Waals surface area contributed by atoms with E-state index < -0.39 is 91.5 Å². The molecule has 0 fully saturated rings. The highest BCUT2D eigenvalue weighted by Gasteiger charge is 2.29. The Morgan fingerprint density at radius 2 is 0.671 bits per heavy atom. The SMILES string of the molecule is CC/C=C\C/C=C\C/C=C\C/C=C\CCCCCCC(=O)OCC(O)COP(=O)(O)OCC(O)COP(=O)(O)OCC(COC(=O)CCCCCCC/C=C\C/C=C\CCCCC)OC(=O)CCCCCCCCCCCCC. The number of aliphatic hydroxyl groups excluding tert-OH is 2. The second-order valence-electron chi connectivity index (χ2n) is 20.1. The molecular formula is C61H108O16P2. The molecule has 0 amide bonds. The van der Waals surface area contributed by atoms with Gasteiger partial charge < -0.3 is 34.2 Å². The van der Waals surface area contributed by atoms with E-state index in [1.165, 1.54) is 57.8 Å². The zero-order chi connectivity index (χ0) is 58.2. The monoisotopic (exact) mass is 1160 g/mol. The van der Waals surface area contributed by atoms with Crippen LogP contribution < -0.4 is 0 Å². The van der Waals surface area contributed by atoms with E-state index in [9.17, 15) is 43.5 Å². The van der Waals surface area contributed by atoms with Crippen LogP contribution in [0.15, 0.2) is 72.9 Å². The van der Waals surface area contributed by atoms with Gasteiger partial charge in [-0.2, -0.15) is 0 Å². The van der Waals surface area contributed by atoms with E-state index in [2.05, 4.69) is 93.7 Å². The first-order valence-corrected chi connectivity index (χ1v) is 33.2. The molecule has 5 unspecified atom stereocenters. The Morgan fingerprint density at radius 3 is 1.09 bits per heavy atom.